The average Bonchev–Trinajstić information content (AvgIpc) is 3.09. The maximum absolute atomic E-state index is 12.9. The van der Waals surface area contributed by atoms with Gasteiger partial charge in [-0.3, -0.25) is 4.79 Å². The number of amides is 1. The number of carbonyl (C=O) groups is 1. The van der Waals surface area contributed by atoms with Gasteiger partial charge in [0.2, 0.25) is 0 Å². The van der Waals surface area contributed by atoms with E-state index in [1.54, 1.807) is 33.9 Å². The van der Waals surface area contributed by atoms with E-state index in [0.717, 1.165) is 38.2 Å². The summed E-state index contributed by atoms with van der Waals surface area (Å²) in [4.78, 5) is 14.4. The van der Waals surface area contributed by atoms with E-state index in [9.17, 15) is 10.1 Å². The third kappa shape index (κ3) is 5.59. The van der Waals surface area contributed by atoms with E-state index in [2.05, 4.69) is 25.2 Å². The van der Waals surface area contributed by atoms with Crippen LogP contribution in [0.5, 0.6) is 0 Å². The number of quaternary nitrogens is 1. The van der Waals surface area contributed by atoms with Crippen LogP contribution in [0.3, 0.4) is 0 Å². The fourth-order valence-electron chi connectivity index (χ4n) is 3.22. The Bertz CT molecular complexity index is 805. The lowest BCUT2D eigenvalue weighted by atomic mass is 10.1. The number of carbonyl (C=O) groups excluding carboxylic acids is 1. The summed E-state index contributed by atoms with van der Waals surface area (Å²) in [7, 11) is 0. The van der Waals surface area contributed by atoms with Crippen LogP contribution in [0.1, 0.15) is 49.7 Å². The Labute approximate surface area is 166 Å². The van der Waals surface area contributed by atoms with Crippen LogP contribution in [-0.2, 0) is 0 Å². The van der Waals surface area contributed by atoms with E-state index in [1.165, 1.54) is 0 Å². The van der Waals surface area contributed by atoms with Crippen molar-refractivity contribution in [3.05, 3.63) is 52.8 Å². The number of benzene rings is 1. The minimum Gasteiger partial charge on any atom is -0.348 e. The standard InChI is InChI=1S/C21H27ClN4O/c1-4-25(5-2)12-7-8-16(3)24-21(27)20-17(15-23)11-13-26(20)19-10-6-9-18(22)14-19/h6,9-11,13-14,16H,4-5,7-8,12H2,1-3H3,(H,24,27)/p+1/t16-/m1/s1. The first-order valence-corrected chi connectivity index (χ1v) is 9.89. The van der Waals surface area contributed by atoms with Gasteiger partial charge in [-0.1, -0.05) is 17.7 Å². The molecule has 0 radical (unpaired) electrons. The van der Waals surface area contributed by atoms with Crippen LogP contribution in [-0.4, -0.2) is 36.2 Å². The topological polar surface area (TPSA) is 62.3 Å². The zero-order chi connectivity index (χ0) is 19.8. The molecule has 2 N–H and O–H groups in total. The number of nitriles is 1. The number of aromatic nitrogens is 1. The molecular formula is C21H28ClN4O+. The molecule has 0 aliphatic heterocycles. The maximum Gasteiger partial charge on any atom is 0.269 e. The van der Waals surface area contributed by atoms with E-state index < -0.39 is 0 Å². The third-order valence-corrected chi connectivity index (χ3v) is 5.09. The average molecular weight is 388 g/mol. The molecule has 0 aliphatic rings. The van der Waals surface area contributed by atoms with Gasteiger partial charge in [0.25, 0.3) is 5.91 Å². The highest BCUT2D eigenvalue weighted by Gasteiger charge is 2.20. The molecule has 0 spiro atoms. The van der Waals surface area contributed by atoms with E-state index in [1.807, 2.05) is 19.1 Å². The van der Waals surface area contributed by atoms with Crippen molar-refractivity contribution in [1.82, 2.24) is 9.88 Å². The predicted molar refractivity (Wildman–Crippen MR) is 109 cm³/mol. The second-order valence-electron chi connectivity index (χ2n) is 6.76. The molecule has 1 heterocycles. The van der Waals surface area contributed by atoms with Crippen molar-refractivity contribution in [2.45, 2.75) is 39.7 Å². The summed E-state index contributed by atoms with van der Waals surface area (Å²) in [6.07, 6.45) is 3.70. The lowest BCUT2D eigenvalue weighted by Gasteiger charge is -2.18. The second-order valence-corrected chi connectivity index (χ2v) is 7.20. The number of halogens is 1. The van der Waals surface area contributed by atoms with E-state index in [-0.39, 0.29) is 11.9 Å². The molecule has 0 saturated carbocycles. The Hall–Kier alpha value is -2.29. The number of hydrogen-bond acceptors (Lipinski definition) is 2. The molecule has 0 unspecified atom stereocenters. The van der Waals surface area contributed by atoms with Crippen molar-refractivity contribution in [3.8, 4) is 11.8 Å². The fraction of sp³-hybridized carbons (Fsp3) is 0.429. The number of nitrogens with one attached hydrogen (secondary N) is 2. The highest BCUT2D eigenvalue weighted by molar-refractivity contribution is 6.30. The van der Waals surface area contributed by atoms with Crippen LogP contribution < -0.4 is 10.2 Å². The summed E-state index contributed by atoms with van der Waals surface area (Å²) < 4.78 is 1.71. The molecule has 1 atom stereocenters. The Morgan fingerprint density at radius 2 is 2.07 bits per heavy atom. The van der Waals surface area contributed by atoms with Crippen molar-refractivity contribution in [2.75, 3.05) is 19.6 Å². The molecule has 5 nitrogen and oxygen atoms in total. The first-order valence-electron chi connectivity index (χ1n) is 9.51. The third-order valence-electron chi connectivity index (χ3n) is 4.85. The summed E-state index contributed by atoms with van der Waals surface area (Å²) >= 11 is 6.08. The SMILES string of the molecule is CC[NH+](CC)CCC[C@@H](C)NC(=O)c1c(C#N)ccn1-c1cccc(Cl)c1. The molecule has 0 saturated heterocycles. The molecule has 0 bridgehead atoms. The van der Waals surface area contributed by atoms with Crippen LogP contribution in [0.4, 0.5) is 0 Å². The predicted octanol–water partition coefficient (Wildman–Crippen LogP) is 2.83. The van der Waals surface area contributed by atoms with Gasteiger partial charge < -0.3 is 14.8 Å². The van der Waals surface area contributed by atoms with Crippen LogP contribution in [0.25, 0.3) is 5.69 Å². The summed E-state index contributed by atoms with van der Waals surface area (Å²) in [5.74, 6) is -0.237. The van der Waals surface area contributed by atoms with Gasteiger partial charge >= 0.3 is 0 Å². The molecule has 144 valence electrons. The van der Waals surface area contributed by atoms with Gasteiger partial charge in [-0.25, -0.2) is 0 Å². The van der Waals surface area contributed by atoms with Gasteiger partial charge in [0.1, 0.15) is 11.8 Å². The quantitative estimate of drug-likeness (QED) is 0.695. The highest BCUT2D eigenvalue weighted by Crippen LogP contribution is 2.20. The zero-order valence-corrected chi connectivity index (χ0v) is 17.0. The largest absolute Gasteiger partial charge is 0.348 e. The fourth-order valence-corrected chi connectivity index (χ4v) is 3.41. The molecule has 27 heavy (non-hydrogen) atoms. The van der Waals surface area contributed by atoms with E-state index in [4.69, 9.17) is 11.6 Å². The molecular weight excluding hydrogens is 360 g/mol. The van der Waals surface area contributed by atoms with Gasteiger partial charge in [0.15, 0.2) is 0 Å². The monoisotopic (exact) mass is 387 g/mol. The molecule has 0 aliphatic carbocycles. The van der Waals surface area contributed by atoms with Gasteiger partial charge in [0.05, 0.1) is 25.2 Å². The summed E-state index contributed by atoms with van der Waals surface area (Å²) in [5, 5.41) is 13.0. The normalized spacial score (nSPS) is 12.0. The minimum atomic E-state index is -0.237. The van der Waals surface area contributed by atoms with Crippen molar-refractivity contribution in [1.29, 1.82) is 5.26 Å². The lowest BCUT2D eigenvalue weighted by molar-refractivity contribution is -0.896. The minimum absolute atomic E-state index is 0.0433. The number of nitrogens with zero attached hydrogens (tertiary/aromatic N) is 2. The number of rotatable bonds is 9. The Morgan fingerprint density at radius 1 is 1.33 bits per heavy atom. The van der Waals surface area contributed by atoms with Crippen molar-refractivity contribution >= 4 is 17.5 Å². The zero-order valence-electron chi connectivity index (χ0n) is 16.3. The summed E-state index contributed by atoms with van der Waals surface area (Å²) in [6, 6.07) is 11.0. The second kappa shape index (κ2) is 10.1. The van der Waals surface area contributed by atoms with Crippen molar-refractivity contribution < 1.29 is 9.69 Å². The van der Waals surface area contributed by atoms with Crippen molar-refractivity contribution in [3.63, 3.8) is 0 Å². The molecule has 1 amide bonds. The molecule has 0 fully saturated rings. The van der Waals surface area contributed by atoms with Gasteiger partial charge in [0, 0.05) is 22.9 Å². The smallest absolute Gasteiger partial charge is 0.269 e. The first-order chi connectivity index (χ1) is 13.0. The van der Waals surface area contributed by atoms with Crippen LogP contribution >= 0.6 is 11.6 Å². The van der Waals surface area contributed by atoms with Gasteiger partial charge in [-0.15, -0.1) is 0 Å². The molecule has 1 aromatic heterocycles. The van der Waals surface area contributed by atoms with E-state index in [0.29, 0.717) is 16.3 Å². The molecule has 6 heteroatoms. The summed E-state index contributed by atoms with van der Waals surface area (Å²) in [6.45, 7) is 9.74. The Kier molecular flexibility index (Phi) is 7.90. The van der Waals surface area contributed by atoms with Crippen LogP contribution in [0.2, 0.25) is 5.02 Å². The van der Waals surface area contributed by atoms with Gasteiger partial charge in [-0.05, 0) is 57.9 Å². The molecule has 1 aromatic carbocycles. The first kappa shape index (κ1) is 21.0. The van der Waals surface area contributed by atoms with Gasteiger partial charge in [-0.2, -0.15) is 5.26 Å². The molecule has 2 rings (SSSR count). The maximum atomic E-state index is 12.9. The Morgan fingerprint density at radius 3 is 2.70 bits per heavy atom. The highest BCUT2D eigenvalue weighted by atomic mass is 35.5. The van der Waals surface area contributed by atoms with Crippen LogP contribution in [0, 0.1) is 11.3 Å². The van der Waals surface area contributed by atoms with Crippen LogP contribution in [0.15, 0.2) is 36.5 Å². The number of hydrogen-bond donors (Lipinski definition) is 2. The molecule has 2 aromatic rings. The lowest BCUT2D eigenvalue weighted by Crippen LogP contribution is -3.11. The summed E-state index contributed by atoms with van der Waals surface area (Å²) in [5.41, 5.74) is 1.46. The Balaban J connectivity index is 2.09. The van der Waals surface area contributed by atoms with Crippen molar-refractivity contribution in [2.24, 2.45) is 0 Å². The van der Waals surface area contributed by atoms with E-state index >= 15 is 0 Å².